The molecule has 0 radical (unpaired) electrons. The number of anilines is 3. The van der Waals surface area contributed by atoms with E-state index in [0.29, 0.717) is 23.5 Å². The zero-order valence-electron chi connectivity index (χ0n) is 15.6. The van der Waals surface area contributed by atoms with E-state index in [1.165, 1.54) is 6.20 Å². The number of amides is 2. The lowest BCUT2D eigenvalue weighted by Gasteiger charge is -2.15. The molecule has 4 N–H and O–H groups in total. The van der Waals surface area contributed by atoms with Crippen molar-refractivity contribution in [2.75, 3.05) is 16.4 Å². The van der Waals surface area contributed by atoms with Crippen molar-refractivity contribution in [2.45, 2.75) is 19.3 Å². The second kappa shape index (κ2) is 8.81. The average molecular weight is 374 g/mol. The fraction of sp³-hybridized carbons (Fsp3) is 0.136. The third-order valence-corrected chi connectivity index (χ3v) is 4.40. The molecule has 0 spiro atoms. The number of pyridine rings is 1. The molecule has 0 aliphatic heterocycles. The van der Waals surface area contributed by atoms with Crippen LogP contribution in [0.25, 0.3) is 0 Å². The molecule has 1 aromatic heterocycles. The number of nitrogen functional groups attached to an aromatic ring is 1. The van der Waals surface area contributed by atoms with Gasteiger partial charge in [-0.25, -0.2) is 4.98 Å². The summed E-state index contributed by atoms with van der Waals surface area (Å²) in [5.41, 5.74) is 8.57. The minimum absolute atomic E-state index is 0.107. The first-order chi connectivity index (χ1) is 13.6. The SMILES string of the molecule is CCC(C(=O)Nc1ccc(C(=O)Nc2ccccc2N)nc1)c1ccccc1. The number of para-hydroxylation sites is 2. The molecular weight excluding hydrogens is 352 g/mol. The molecule has 0 saturated carbocycles. The minimum Gasteiger partial charge on any atom is -0.397 e. The summed E-state index contributed by atoms with van der Waals surface area (Å²) in [6.07, 6.45) is 2.15. The fourth-order valence-electron chi connectivity index (χ4n) is 2.89. The number of nitrogens with zero attached hydrogens (tertiary/aromatic N) is 1. The van der Waals surface area contributed by atoms with E-state index in [4.69, 9.17) is 5.73 Å². The van der Waals surface area contributed by atoms with Crippen LogP contribution in [0.2, 0.25) is 0 Å². The Morgan fingerprint density at radius 2 is 1.68 bits per heavy atom. The van der Waals surface area contributed by atoms with Gasteiger partial charge in [0.1, 0.15) is 5.69 Å². The highest BCUT2D eigenvalue weighted by Gasteiger charge is 2.19. The van der Waals surface area contributed by atoms with Crippen LogP contribution >= 0.6 is 0 Å². The number of benzene rings is 2. The molecule has 6 nitrogen and oxygen atoms in total. The molecular formula is C22H22N4O2. The number of aromatic nitrogens is 1. The molecule has 0 bridgehead atoms. The number of carbonyl (C=O) groups excluding carboxylic acids is 2. The summed E-state index contributed by atoms with van der Waals surface area (Å²) in [5.74, 6) is -0.721. The fourth-order valence-corrected chi connectivity index (χ4v) is 2.89. The Balaban J connectivity index is 1.66. The molecule has 2 aromatic carbocycles. The van der Waals surface area contributed by atoms with Gasteiger partial charge in [0.15, 0.2) is 0 Å². The van der Waals surface area contributed by atoms with E-state index < -0.39 is 0 Å². The Hall–Kier alpha value is -3.67. The monoisotopic (exact) mass is 374 g/mol. The first kappa shape index (κ1) is 19.1. The third-order valence-electron chi connectivity index (χ3n) is 4.40. The van der Waals surface area contributed by atoms with Crippen molar-refractivity contribution in [1.82, 2.24) is 4.98 Å². The van der Waals surface area contributed by atoms with E-state index in [-0.39, 0.29) is 23.4 Å². The van der Waals surface area contributed by atoms with Crippen molar-refractivity contribution < 1.29 is 9.59 Å². The lowest BCUT2D eigenvalue weighted by molar-refractivity contribution is -0.117. The number of nitrogens with one attached hydrogen (secondary N) is 2. The number of hydrogen-bond acceptors (Lipinski definition) is 4. The number of hydrogen-bond donors (Lipinski definition) is 3. The lowest BCUT2D eigenvalue weighted by Crippen LogP contribution is -2.21. The summed E-state index contributed by atoms with van der Waals surface area (Å²) < 4.78 is 0. The Labute approximate surface area is 163 Å². The molecule has 0 aliphatic carbocycles. The maximum absolute atomic E-state index is 12.6. The molecule has 28 heavy (non-hydrogen) atoms. The van der Waals surface area contributed by atoms with E-state index in [2.05, 4.69) is 15.6 Å². The highest BCUT2D eigenvalue weighted by molar-refractivity contribution is 6.04. The topological polar surface area (TPSA) is 97.1 Å². The van der Waals surface area contributed by atoms with Gasteiger partial charge in [-0.3, -0.25) is 9.59 Å². The molecule has 0 fully saturated rings. The molecule has 0 saturated heterocycles. The minimum atomic E-state index is -0.369. The molecule has 1 heterocycles. The van der Waals surface area contributed by atoms with Crippen LogP contribution in [0.4, 0.5) is 17.1 Å². The Bertz CT molecular complexity index is 956. The third kappa shape index (κ3) is 4.54. The zero-order valence-corrected chi connectivity index (χ0v) is 15.6. The van der Waals surface area contributed by atoms with Gasteiger partial charge in [0.2, 0.25) is 5.91 Å². The van der Waals surface area contributed by atoms with Crippen LogP contribution in [0, 0.1) is 0 Å². The molecule has 2 amide bonds. The first-order valence-electron chi connectivity index (χ1n) is 9.06. The van der Waals surface area contributed by atoms with Crippen LogP contribution < -0.4 is 16.4 Å². The summed E-state index contributed by atoms with van der Waals surface area (Å²) in [7, 11) is 0. The molecule has 3 aromatic rings. The van der Waals surface area contributed by atoms with Crippen LogP contribution in [0.3, 0.4) is 0 Å². The van der Waals surface area contributed by atoms with Gasteiger partial charge in [-0.2, -0.15) is 0 Å². The van der Waals surface area contributed by atoms with Crippen molar-refractivity contribution in [3.05, 3.63) is 84.2 Å². The molecule has 1 atom stereocenters. The lowest BCUT2D eigenvalue weighted by atomic mass is 9.95. The maximum atomic E-state index is 12.6. The van der Waals surface area contributed by atoms with Crippen molar-refractivity contribution in [3.63, 3.8) is 0 Å². The number of carbonyl (C=O) groups is 2. The van der Waals surface area contributed by atoms with Crippen LogP contribution in [0.5, 0.6) is 0 Å². The number of nitrogens with two attached hydrogens (primary N) is 1. The molecule has 1 unspecified atom stereocenters. The Morgan fingerprint density at radius 1 is 0.964 bits per heavy atom. The number of rotatable bonds is 6. The second-order valence-corrected chi connectivity index (χ2v) is 6.33. The van der Waals surface area contributed by atoms with E-state index >= 15 is 0 Å². The van der Waals surface area contributed by atoms with Gasteiger partial charge in [-0.05, 0) is 36.2 Å². The summed E-state index contributed by atoms with van der Waals surface area (Å²) >= 11 is 0. The highest BCUT2D eigenvalue weighted by atomic mass is 16.2. The van der Waals surface area contributed by atoms with Crippen LogP contribution in [-0.4, -0.2) is 16.8 Å². The van der Waals surface area contributed by atoms with E-state index in [0.717, 1.165) is 5.56 Å². The highest BCUT2D eigenvalue weighted by Crippen LogP contribution is 2.22. The predicted octanol–water partition coefficient (Wildman–Crippen LogP) is 4.05. The quantitative estimate of drug-likeness (QED) is 0.567. The molecule has 6 heteroatoms. The van der Waals surface area contributed by atoms with E-state index in [1.54, 1.807) is 36.4 Å². The van der Waals surface area contributed by atoms with Gasteiger partial charge in [0.05, 0.1) is 29.2 Å². The van der Waals surface area contributed by atoms with E-state index in [9.17, 15) is 9.59 Å². The Kier molecular flexibility index (Phi) is 6.01. The Morgan fingerprint density at radius 3 is 2.32 bits per heavy atom. The summed E-state index contributed by atoms with van der Waals surface area (Å²) in [4.78, 5) is 29.1. The van der Waals surface area contributed by atoms with Crippen LogP contribution in [0.15, 0.2) is 72.9 Å². The van der Waals surface area contributed by atoms with Crippen molar-refractivity contribution in [3.8, 4) is 0 Å². The standard InChI is InChI=1S/C22H22N4O2/c1-2-17(15-8-4-3-5-9-15)21(27)25-16-12-13-20(24-14-16)22(28)26-19-11-7-6-10-18(19)23/h3-14,17H,2,23H2,1H3,(H,25,27)(H,26,28). The van der Waals surface area contributed by atoms with Crippen LogP contribution in [-0.2, 0) is 4.79 Å². The predicted molar refractivity (Wildman–Crippen MR) is 111 cm³/mol. The van der Waals surface area contributed by atoms with Crippen LogP contribution in [0.1, 0.15) is 35.3 Å². The zero-order chi connectivity index (χ0) is 19.9. The average Bonchev–Trinajstić information content (AvgIpc) is 2.71. The van der Waals surface area contributed by atoms with Gasteiger partial charge in [0, 0.05) is 0 Å². The van der Waals surface area contributed by atoms with Crippen molar-refractivity contribution >= 4 is 28.9 Å². The summed E-state index contributed by atoms with van der Waals surface area (Å²) in [5, 5.41) is 5.59. The maximum Gasteiger partial charge on any atom is 0.274 e. The normalized spacial score (nSPS) is 11.5. The van der Waals surface area contributed by atoms with E-state index in [1.807, 2.05) is 37.3 Å². The van der Waals surface area contributed by atoms with Gasteiger partial charge in [-0.1, -0.05) is 49.4 Å². The van der Waals surface area contributed by atoms with Gasteiger partial charge >= 0.3 is 0 Å². The van der Waals surface area contributed by atoms with Gasteiger partial charge < -0.3 is 16.4 Å². The first-order valence-corrected chi connectivity index (χ1v) is 9.06. The molecule has 3 rings (SSSR count). The molecule has 142 valence electrons. The smallest absolute Gasteiger partial charge is 0.274 e. The summed E-state index contributed by atoms with van der Waals surface area (Å²) in [6.45, 7) is 1.97. The van der Waals surface area contributed by atoms with Crippen molar-refractivity contribution in [1.29, 1.82) is 0 Å². The second-order valence-electron chi connectivity index (χ2n) is 6.33. The largest absolute Gasteiger partial charge is 0.397 e. The van der Waals surface area contributed by atoms with Gasteiger partial charge in [-0.15, -0.1) is 0 Å². The van der Waals surface area contributed by atoms with Gasteiger partial charge in [0.25, 0.3) is 5.91 Å². The molecule has 0 aliphatic rings. The van der Waals surface area contributed by atoms with Crippen molar-refractivity contribution in [2.24, 2.45) is 0 Å². The summed E-state index contributed by atoms with van der Waals surface area (Å²) in [6, 6.07) is 19.9.